The maximum Gasteiger partial charge on any atom is 0.140 e. The summed E-state index contributed by atoms with van der Waals surface area (Å²) in [6.45, 7) is 4.93. The molecule has 1 aromatic carbocycles. The van der Waals surface area contributed by atoms with Crippen LogP contribution in [0.2, 0.25) is 0 Å². The molecule has 0 atom stereocenters. The lowest BCUT2D eigenvalue weighted by atomic mass is 10.1. The molecule has 0 spiro atoms. The predicted octanol–water partition coefficient (Wildman–Crippen LogP) is 3.64. The average molecular weight is 251 g/mol. The highest BCUT2D eigenvalue weighted by Crippen LogP contribution is 2.29. The fraction of sp³-hybridized carbons (Fsp3) is 0.286. The molecule has 0 bridgehead atoms. The van der Waals surface area contributed by atoms with Gasteiger partial charge >= 0.3 is 0 Å². The second-order valence-electron chi connectivity index (χ2n) is 4.10. The van der Waals surface area contributed by atoms with Gasteiger partial charge in [0.25, 0.3) is 0 Å². The molecule has 0 unspecified atom stereocenters. The molecular weight excluding hydrogens is 236 g/mol. The zero-order valence-corrected chi connectivity index (χ0v) is 10.4. The molecule has 18 heavy (non-hydrogen) atoms. The first-order valence-corrected chi connectivity index (χ1v) is 5.88. The van der Waals surface area contributed by atoms with Crippen LogP contribution in [0.1, 0.15) is 18.2 Å². The fourth-order valence-electron chi connectivity index (χ4n) is 1.74. The molecule has 1 heterocycles. The van der Waals surface area contributed by atoms with Crippen LogP contribution in [0.5, 0.6) is 0 Å². The van der Waals surface area contributed by atoms with Crippen molar-refractivity contribution in [3.8, 4) is 11.3 Å². The molecule has 0 aliphatic carbocycles. The van der Waals surface area contributed by atoms with Crippen LogP contribution in [0.3, 0.4) is 0 Å². The summed E-state index contributed by atoms with van der Waals surface area (Å²) in [6, 6.07) is 5.98. The predicted molar refractivity (Wildman–Crippen MR) is 66.2 cm³/mol. The number of rotatable bonds is 4. The van der Waals surface area contributed by atoms with Crippen LogP contribution in [-0.2, 0) is 6.54 Å². The second kappa shape index (κ2) is 5.31. The van der Waals surface area contributed by atoms with E-state index < -0.39 is 11.6 Å². The topological polar surface area (TPSA) is 25.2 Å². The number of nitrogens with one attached hydrogen (secondary N) is 1. The zero-order chi connectivity index (χ0) is 13.1. The molecule has 0 amide bonds. The molecule has 2 nitrogen and oxygen atoms in total. The van der Waals surface area contributed by atoms with E-state index in [-0.39, 0.29) is 11.3 Å². The highest BCUT2D eigenvalue weighted by molar-refractivity contribution is 5.60. The van der Waals surface area contributed by atoms with Gasteiger partial charge in [-0.05, 0) is 37.2 Å². The molecule has 0 saturated carbocycles. The summed E-state index contributed by atoms with van der Waals surface area (Å²) in [4.78, 5) is 0. The summed E-state index contributed by atoms with van der Waals surface area (Å²) >= 11 is 0. The summed E-state index contributed by atoms with van der Waals surface area (Å²) < 4.78 is 33.0. The van der Waals surface area contributed by atoms with Gasteiger partial charge in [-0.3, -0.25) is 0 Å². The largest absolute Gasteiger partial charge is 0.460 e. The molecule has 0 fully saturated rings. The first kappa shape index (κ1) is 12.8. The van der Waals surface area contributed by atoms with Crippen LogP contribution in [-0.4, -0.2) is 6.54 Å². The minimum atomic E-state index is -0.609. The van der Waals surface area contributed by atoms with Crippen LogP contribution in [0, 0.1) is 18.6 Å². The van der Waals surface area contributed by atoms with Gasteiger partial charge in [-0.15, -0.1) is 0 Å². The van der Waals surface area contributed by atoms with Gasteiger partial charge in [0.1, 0.15) is 23.2 Å². The third-order valence-corrected chi connectivity index (χ3v) is 2.74. The fourth-order valence-corrected chi connectivity index (χ4v) is 1.74. The Bertz CT molecular complexity index is 549. The third-order valence-electron chi connectivity index (χ3n) is 2.74. The van der Waals surface area contributed by atoms with E-state index >= 15 is 0 Å². The summed E-state index contributed by atoms with van der Waals surface area (Å²) in [6.07, 6.45) is 0. The van der Waals surface area contributed by atoms with Crippen molar-refractivity contribution in [3.05, 3.63) is 47.2 Å². The molecule has 2 aromatic rings. The summed E-state index contributed by atoms with van der Waals surface area (Å²) in [5.74, 6) is -0.296. The Kier molecular flexibility index (Phi) is 3.77. The molecule has 0 aliphatic heterocycles. The smallest absolute Gasteiger partial charge is 0.140 e. The van der Waals surface area contributed by atoms with Crippen LogP contribution in [0.25, 0.3) is 11.3 Å². The van der Waals surface area contributed by atoms with Crippen molar-refractivity contribution in [2.45, 2.75) is 20.4 Å². The lowest BCUT2D eigenvalue weighted by Crippen LogP contribution is -2.10. The van der Waals surface area contributed by atoms with E-state index in [2.05, 4.69) is 5.32 Å². The van der Waals surface area contributed by atoms with Crippen molar-refractivity contribution < 1.29 is 13.2 Å². The Morgan fingerprint density at radius 1 is 1.17 bits per heavy atom. The molecule has 0 aliphatic rings. The number of hydrogen-bond acceptors (Lipinski definition) is 2. The summed E-state index contributed by atoms with van der Waals surface area (Å²) in [7, 11) is 0. The minimum absolute atomic E-state index is 0.0993. The minimum Gasteiger partial charge on any atom is -0.460 e. The molecule has 96 valence electrons. The van der Waals surface area contributed by atoms with Crippen LogP contribution in [0.4, 0.5) is 8.78 Å². The van der Waals surface area contributed by atoms with Gasteiger partial charge in [0, 0.05) is 0 Å². The van der Waals surface area contributed by atoms with Gasteiger partial charge in [0.15, 0.2) is 0 Å². The van der Waals surface area contributed by atoms with E-state index in [1.807, 2.05) is 6.92 Å². The molecule has 1 N–H and O–H groups in total. The summed E-state index contributed by atoms with van der Waals surface area (Å²) in [5, 5.41) is 3.09. The zero-order valence-electron chi connectivity index (χ0n) is 10.4. The van der Waals surface area contributed by atoms with E-state index in [1.165, 1.54) is 12.1 Å². The van der Waals surface area contributed by atoms with Crippen LogP contribution < -0.4 is 5.32 Å². The quantitative estimate of drug-likeness (QED) is 0.897. The van der Waals surface area contributed by atoms with E-state index in [0.29, 0.717) is 17.9 Å². The van der Waals surface area contributed by atoms with Crippen LogP contribution >= 0.6 is 0 Å². The highest BCUT2D eigenvalue weighted by atomic mass is 19.1. The Balaban J connectivity index is 2.37. The SMILES string of the molecule is CCNCc1ccc(-c2c(F)ccc(C)c2F)o1. The maximum absolute atomic E-state index is 13.9. The van der Waals surface area contributed by atoms with Gasteiger partial charge in [-0.2, -0.15) is 0 Å². The Morgan fingerprint density at radius 3 is 2.67 bits per heavy atom. The molecular formula is C14H15F2NO. The van der Waals surface area contributed by atoms with Gasteiger partial charge in [-0.25, -0.2) is 8.78 Å². The summed E-state index contributed by atoms with van der Waals surface area (Å²) in [5.41, 5.74) is 0.300. The highest BCUT2D eigenvalue weighted by Gasteiger charge is 2.16. The van der Waals surface area contributed by atoms with Crippen molar-refractivity contribution in [1.29, 1.82) is 0 Å². The Labute approximate surface area is 105 Å². The van der Waals surface area contributed by atoms with Crippen molar-refractivity contribution in [3.63, 3.8) is 0 Å². The normalized spacial score (nSPS) is 10.9. The lowest BCUT2D eigenvalue weighted by molar-refractivity contribution is 0.489. The Morgan fingerprint density at radius 2 is 1.94 bits per heavy atom. The first-order chi connectivity index (χ1) is 8.63. The Hall–Kier alpha value is -1.68. The average Bonchev–Trinajstić information content (AvgIpc) is 2.80. The van der Waals surface area contributed by atoms with Crippen molar-refractivity contribution in [1.82, 2.24) is 5.32 Å². The number of hydrogen-bond donors (Lipinski definition) is 1. The van der Waals surface area contributed by atoms with E-state index in [9.17, 15) is 8.78 Å². The van der Waals surface area contributed by atoms with E-state index in [0.717, 1.165) is 6.54 Å². The maximum atomic E-state index is 13.9. The number of aryl methyl sites for hydroxylation is 1. The number of furan rings is 1. The standard InChI is InChI=1S/C14H15F2NO/c1-3-17-8-10-5-7-12(18-10)13-11(15)6-4-9(2)14(13)16/h4-7,17H,3,8H2,1-2H3. The molecule has 1 aromatic heterocycles. The first-order valence-electron chi connectivity index (χ1n) is 5.88. The molecule has 0 radical (unpaired) electrons. The molecule has 0 saturated heterocycles. The number of halogens is 2. The van der Waals surface area contributed by atoms with Crippen molar-refractivity contribution in [2.75, 3.05) is 6.54 Å². The molecule has 2 rings (SSSR count). The van der Waals surface area contributed by atoms with E-state index in [1.54, 1.807) is 19.1 Å². The van der Waals surface area contributed by atoms with E-state index in [4.69, 9.17) is 4.42 Å². The van der Waals surface area contributed by atoms with Gasteiger partial charge in [0.05, 0.1) is 12.1 Å². The molecule has 4 heteroatoms. The van der Waals surface area contributed by atoms with Gasteiger partial charge in [0.2, 0.25) is 0 Å². The third kappa shape index (κ3) is 2.43. The van der Waals surface area contributed by atoms with Crippen LogP contribution in [0.15, 0.2) is 28.7 Å². The van der Waals surface area contributed by atoms with Gasteiger partial charge < -0.3 is 9.73 Å². The second-order valence-corrected chi connectivity index (χ2v) is 4.10. The lowest BCUT2D eigenvalue weighted by Gasteiger charge is -2.04. The monoisotopic (exact) mass is 251 g/mol. The van der Waals surface area contributed by atoms with Crippen molar-refractivity contribution >= 4 is 0 Å². The number of benzene rings is 1. The van der Waals surface area contributed by atoms with Gasteiger partial charge in [-0.1, -0.05) is 13.0 Å². The van der Waals surface area contributed by atoms with Crippen molar-refractivity contribution in [2.24, 2.45) is 0 Å².